The zero-order valence-corrected chi connectivity index (χ0v) is 17.9. The van der Waals surface area contributed by atoms with Crippen LogP contribution in [0.2, 0.25) is 0 Å². The van der Waals surface area contributed by atoms with Crippen LogP contribution in [0.4, 0.5) is 11.4 Å². The van der Waals surface area contributed by atoms with Crippen LogP contribution in [0.5, 0.6) is 0 Å². The van der Waals surface area contributed by atoms with E-state index in [1.807, 2.05) is 85.1 Å². The normalized spacial score (nSPS) is 11.8. The van der Waals surface area contributed by atoms with Gasteiger partial charge in [0, 0.05) is 16.3 Å². The first-order valence-corrected chi connectivity index (χ1v) is 11.3. The highest BCUT2D eigenvalue weighted by Gasteiger charge is 2.15. The van der Waals surface area contributed by atoms with Gasteiger partial charge in [0.1, 0.15) is 0 Å². The lowest BCUT2D eigenvalue weighted by Crippen LogP contribution is -2.22. The molecule has 2 N–H and O–H groups in total. The number of hydrogen-bond acceptors (Lipinski definition) is 4. The molecule has 0 saturated heterocycles. The average Bonchev–Trinajstić information content (AvgIpc) is 3.30. The molecular formula is C24H20N2O2S2. The second-order valence-electron chi connectivity index (χ2n) is 6.77. The molecule has 0 aliphatic heterocycles. The maximum absolute atomic E-state index is 12.6. The zero-order chi connectivity index (χ0) is 20.9. The second-order valence-corrected chi connectivity index (χ2v) is 9.13. The Balaban J connectivity index is 1.34. The first-order valence-electron chi connectivity index (χ1n) is 9.50. The maximum atomic E-state index is 12.6. The lowest BCUT2D eigenvalue weighted by molar-refractivity contribution is -0.115. The van der Waals surface area contributed by atoms with E-state index in [1.54, 1.807) is 6.07 Å². The molecule has 0 aliphatic rings. The van der Waals surface area contributed by atoms with Crippen LogP contribution >= 0.6 is 23.1 Å². The topological polar surface area (TPSA) is 58.2 Å². The molecule has 0 radical (unpaired) electrons. The number of benzene rings is 3. The third-order valence-electron chi connectivity index (χ3n) is 4.56. The number of carbonyl (C=O) groups is 2. The number of rotatable bonds is 6. The van der Waals surface area contributed by atoms with E-state index in [1.165, 1.54) is 23.1 Å². The van der Waals surface area contributed by atoms with Crippen LogP contribution < -0.4 is 10.6 Å². The second kappa shape index (κ2) is 9.15. The fraction of sp³-hybridized carbons (Fsp3) is 0.0833. The number of nitrogens with one attached hydrogen (secondary N) is 2. The van der Waals surface area contributed by atoms with Crippen molar-refractivity contribution < 1.29 is 9.59 Å². The number of fused-ring (bicyclic) bond motifs is 1. The molecule has 0 saturated carbocycles. The summed E-state index contributed by atoms with van der Waals surface area (Å²) in [7, 11) is 0. The molecule has 150 valence electrons. The highest BCUT2D eigenvalue weighted by atomic mass is 32.2. The Labute approximate surface area is 183 Å². The van der Waals surface area contributed by atoms with Crippen LogP contribution in [-0.4, -0.2) is 17.1 Å². The van der Waals surface area contributed by atoms with Gasteiger partial charge >= 0.3 is 0 Å². The smallest absolute Gasteiger partial charge is 0.265 e. The quantitative estimate of drug-likeness (QED) is 0.353. The average molecular weight is 433 g/mol. The van der Waals surface area contributed by atoms with Crippen molar-refractivity contribution in [2.24, 2.45) is 0 Å². The van der Waals surface area contributed by atoms with Crippen LogP contribution in [0.1, 0.15) is 16.6 Å². The summed E-state index contributed by atoms with van der Waals surface area (Å²) in [4.78, 5) is 26.4. The maximum Gasteiger partial charge on any atom is 0.265 e. The fourth-order valence-electron chi connectivity index (χ4n) is 2.99. The van der Waals surface area contributed by atoms with Crippen molar-refractivity contribution in [3.8, 4) is 0 Å². The predicted molar refractivity (Wildman–Crippen MR) is 127 cm³/mol. The SMILES string of the molecule is CC(Sc1ccc(NC(=O)c2cccs2)cc1)C(=O)Nc1ccc2ccccc2c1. The van der Waals surface area contributed by atoms with Gasteiger partial charge in [-0.1, -0.05) is 36.4 Å². The monoisotopic (exact) mass is 432 g/mol. The van der Waals surface area contributed by atoms with Gasteiger partial charge in [0.05, 0.1) is 10.1 Å². The summed E-state index contributed by atoms with van der Waals surface area (Å²) in [5.74, 6) is -0.168. The minimum absolute atomic E-state index is 0.0506. The van der Waals surface area contributed by atoms with E-state index in [0.717, 1.165) is 27.0 Å². The number of hydrogen-bond donors (Lipinski definition) is 2. The first-order chi connectivity index (χ1) is 14.6. The molecule has 30 heavy (non-hydrogen) atoms. The van der Waals surface area contributed by atoms with Crippen molar-refractivity contribution in [3.05, 3.63) is 89.1 Å². The minimum Gasteiger partial charge on any atom is -0.325 e. The van der Waals surface area contributed by atoms with E-state index in [4.69, 9.17) is 0 Å². The molecule has 2 amide bonds. The number of anilines is 2. The lowest BCUT2D eigenvalue weighted by Gasteiger charge is -2.13. The van der Waals surface area contributed by atoms with E-state index in [0.29, 0.717) is 4.88 Å². The van der Waals surface area contributed by atoms with E-state index >= 15 is 0 Å². The Morgan fingerprint density at radius 1 is 0.833 bits per heavy atom. The lowest BCUT2D eigenvalue weighted by atomic mass is 10.1. The summed E-state index contributed by atoms with van der Waals surface area (Å²) in [5.41, 5.74) is 1.52. The van der Waals surface area contributed by atoms with Gasteiger partial charge in [0.2, 0.25) is 5.91 Å². The largest absolute Gasteiger partial charge is 0.325 e. The van der Waals surface area contributed by atoms with Crippen molar-refractivity contribution in [2.75, 3.05) is 10.6 Å². The fourth-order valence-corrected chi connectivity index (χ4v) is 4.47. The first kappa shape index (κ1) is 20.2. The number of thiophene rings is 1. The number of thioether (sulfide) groups is 1. The molecule has 4 nitrogen and oxygen atoms in total. The predicted octanol–water partition coefficient (Wildman–Crippen LogP) is 6.27. The molecular weight excluding hydrogens is 412 g/mol. The minimum atomic E-state index is -0.261. The van der Waals surface area contributed by atoms with Crippen molar-refractivity contribution in [1.82, 2.24) is 0 Å². The molecule has 0 bridgehead atoms. The van der Waals surface area contributed by atoms with Gasteiger partial charge in [-0.3, -0.25) is 9.59 Å². The van der Waals surface area contributed by atoms with Gasteiger partial charge < -0.3 is 10.6 Å². The zero-order valence-electron chi connectivity index (χ0n) is 16.3. The number of amides is 2. The summed E-state index contributed by atoms with van der Waals surface area (Å²) in [6.07, 6.45) is 0. The summed E-state index contributed by atoms with van der Waals surface area (Å²) < 4.78 is 0. The molecule has 1 heterocycles. The Hall–Kier alpha value is -3.09. The van der Waals surface area contributed by atoms with Gasteiger partial charge in [0.15, 0.2) is 0 Å². The van der Waals surface area contributed by atoms with Crippen molar-refractivity contribution >= 4 is 57.1 Å². The summed E-state index contributed by atoms with van der Waals surface area (Å²) in [5, 5.41) is 9.72. The molecule has 3 aromatic carbocycles. The van der Waals surface area contributed by atoms with Gasteiger partial charge in [-0.15, -0.1) is 23.1 Å². The highest BCUT2D eigenvalue weighted by Crippen LogP contribution is 2.26. The van der Waals surface area contributed by atoms with Gasteiger partial charge in [-0.2, -0.15) is 0 Å². The third-order valence-corrected chi connectivity index (χ3v) is 6.54. The van der Waals surface area contributed by atoms with Crippen LogP contribution in [0, 0.1) is 0 Å². The van der Waals surface area contributed by atoms with Crippen molar-refractivity contribution in [2.45, 2.75) is 17.1 Å². The Kier molecular flexibility index (Phi) is 6.16. The molecule has 1 aromatic heterocycles. The Morgan fingerprint density at radius 2 is 1.57 bits per heavy atom. The number of carbonyl (C=O) groups excluding carboxylic acids is 2. The standard InChI is InChI=1S/C24H20N2O2S2/c1-16(23(27)26-20-9-8-17-5-2-3-6-18(17)15-20)30-21-12-10-19(11-13-21)25-24(28)22-7-4-14-29-22/h2-16H,1H3,(H,25,28)(H,26,27). The molecule has 1 unspecified atom stereocenters. The summed E-state index contributed by atoms with van der Waals surface area (Å²) >= 11 is 2.88. The van der Waals surface area contributed by atoms with E-state index < -0.39 is 0 Å². The molecule has 4 rings (SSSR count). The van der Waals surface area contributed by atoms with E-state index in [2.05, 4.69) is 10.6 Å². The van der Waals surface area contributed by atoms with Gasteiger partial charge in [-0.05, 0) is 65.5 Å². The van der Waals surface area contributed by atoms with Crippen molar-refractivity contribution in [3.63, 3.8) is 0 Å². The van der Waals surface area contributed by atoms with Crippen LogP contribution in [-0.2, 0) is 4.79 Å². The third kappa shape index (κ3) is 4.90. The molecule has 1 atom stereocenters. The summed E-state index contributed by atoms with van der Waals surface area (Å²) in [6, 6.07) is 25.1. The molecule has 0 aliphatic carbocycles. The van der Waals surface area contributed by atoms with Gasteiger partial charge in [-0.25, -0.2) is 0 Å². The van der Waals surface area contributed by atoms with Crippen molar-refractivity contribution in [1.29, 1.82) is 0 Å². The molecule has 0 fully saturated rings. The molecule has 0 spiro atoms. The van der Waals surface area contributed by atoms with E-state index in [-0.39, 0.29) is 17.1 Å². The van der Waals surface area contributed by atoms with Crippen LogP contribution in [0.15, 0.2) is 89.1 Å². The summed E-state index contributed by atoms with van der Waals surface area (Å²) in [6.45, 7) is 1.88. The molecule has 4 aromatic rings. The van der Waals surface area contributed by atoms with E-state index in [9.17, 15) is 9.59 Å². The Morgan fingerprint density at radius 3 is 2.30 bits per heavy atom. The highest BCUT2D eigenvalue weighted by molar-refractivity contribution is 8.00. The van der Waals surface area contributed by atoms with Crippen LogP contribution in [0.3, 0.4) is 0 Å². The van der Waals surface area contributed by atoms with Crippen LogP contribution in [0.25, 0.3) is 10.8 Å². The Bertz CT molecular complexity index is 1170. The van der Waals surface area contributed by atoms with Gasteiger partial charge in [0.25, 0.3) is 5.91 Å². The molecule has 6 heteroatoms.